The molecule has 6 nitrogen and oxygen atoms in total. The summed E-state index contributed by atoms with van der Waals surface area (Å²) < 4.78 is 5.04. The standard InChI is InChI=1S/C10H18N4O2/c1-7(8-5-12-13-6-8)14-10(15)3-9(4-11)16-2/h5-7,9H,3-4,11H2,1-2H3,(H,12,13)(H,14,15). The number of carbonyl (C=O) groups excluding carboxylic acids is 1. The summed E-state index contributed by atoms with van der Waals surface area (Å²) in [5.41, 5.74) is 6.38. The van der Waals surface area contributed by atoms with Crippen molar-refractivity contribution in [3.05, 3.63) is 18.0 Å². The van der Waals surface area contributed by atoms with Crippen LogP contribution in [0.1, 0.15) is 24.9 Å². The molecule has 0 saturated heterocycles. The molecule has 0 aromatic carbocycles. The lowest BCUT2D eigenvalue weighted by atomic mass is 10.1. The first-order valence-electron chi connectivity index (χ1n) is 5.18. The molecule has 16 heavy (non-hydrogen) atoms. The number of nitrogens with one attached hydrogen (secondary N) is 2. The molecule has 4 N–H and O–H groups in total. The van der Waals surface area contributed by atoms with Gasteiger partial charge in [-0.25, -0.2) is 0 Å². The first-order valence-corrected chi connectivity index (χ1v) is 5.18. The smallest absolute Gasteiger partial charge is 0.223 e. The Kier molecular flexibility index (Phi) is 4.94. The van der Waals surface area contributed by atoms with Crippen LogP contribution < -0.4 is 11.1 Å². The number of nitrogens with two attached hydrogens (primary N) is 1. The summed E-state index contributed by atoms with van der Waals surface area (Å²) in [7, 11) is 1.55. The van der Waals surface area contributed by atoms with Gasteiger partial charge in [0.05, 0.1) is 24.8 Å². The van der Waals surface area contributed by atoms with Crippen molar-refractivity contribution in [2.75, 3.05) is 13.7 Å². The average Bonchev–Trinajstić information content (AvgIpc) is 2.79. The maximum Gasteiger partial charge on any atom is 0.223 e. The van der Waals surface area contributed by atoms with Crippen molar-refractivity contribution in [1.29, 1.82) is 0 Å². The monoisotopic (exact) mass is 226 g/mol. The third-order valence-electron chi connectivity index (χ3n) is 2.41. The molecule has 0 spiro atoms. The number of carbonyl (C=O) groups is 1. The third-order valence-corrected chi connectivity index (χ3v) is 2.41. The highest BCUT2D eigenvalue weighted by atomic mass is 16.5. The minimum atomic E-state index is -0.225. The Labute approximate surface area is 94.5 Å². The molecule has 2 atom stereocenters. The molecular formula is C10H18N4O2. The van der Waals surface area contributed by atoms with Crippen LogP contribution in [0.5, 0.6) is 0 Å². The fourth-order valence-corrected chi connectivity index (χ4v) is 1.35. The Morgan fingerprint density at radius 2 is 2.50 bits per heavy atom. The summed E-state index contributed by atoms with van der Waals surface area (Å²) in [6.07, 6.45) is 3.48. The van der Waals surface area contributed by atoms with Crippen LogP contribution >= 0.6 is 0 Å². The zero-order chi connectivity index (χ0) is 12.0. The molecule has 1 heterocycles. The van der Waals surface area contributed by atoms with Crippen LogP contribution in [0.4, 0.5) is 0 Å². The minimum absolute atomic E-state index is 0.0680. The molecule has 0 fully saturated rings. The second-order valence-corrected chi connectivity index (χ2v) is 3.62. The Balaban J connectivity index is 2.39. The molecule has 1 aromatic rings. The highest BCUT2D eigenvalue weighted by Gasteiger charge is 2.14. The number of aromatic amines is 1. The number of rotatable bonds is 6. The number of nitrogens with zero attached hydrogens (tertiary/aromatic N) is 1. The number of aromatic nitrogens is 2. The summed E-state index contributed by atoms with van der Waals surface area (Å²) in [6, 6.07) is -0.0680. The number of amides is 1. The summed E-state index contributed by atoms with van der Waals surface area (Å²) >= 11 is 0. The van der Waals surface area contributed by atoms with Gasteiger partial charge in [0.25, 0.3) is 0 Å². The molecule has 0 aliphatic heterocycles. The molecule has 90 valence electrons. The van der Waals surface area contributed by atoms with E-state index >= 15 is 0 Å². The van der Waals surface area contributed by atoms with Gasteiger partial charge in [0, 0.05) is 25.4 Å². The molecule has 0 saturated carbocycles. The summed E-state index contributed by atoms with van der Waals surface area (Å²) in [4.78, 5) is 11.6. The Bertz CT molecular complexity index is 309. The Morgan fingerprint density at radius 1 is 1.75 bits per heavy atom. The molecule has 1 amide bonds. The predicted molar refractivity (Wildman–Crippen MR) is 59.6 cm³/mol. The summed E-state index contributed by atoms with van der Waals surface area (Å²) in [6.45, 7) is 2.23. The lowest BCUT2D eigenvalue weighted by Gasteiger charge is -2.15. The zero-order valence-corrected chi connectivity index (χ0v) is 9.56. The van der Waals surface area contributed by atoms with Crippen LogP contribution in [0.15, 0.2) is 12.4 Å². The maximum atomic E-state index is 11.6. The summed E-state index contributed by atoms with van der Waals surface area (Å²) in [5.74, 6) is -0.0778. The number of methoxy groups -OCH3 is 1. The normalized spacial score (nSPS) is 14.4. The molecule has 0 aliphatic rings. The Hall–Kier alpha value is -1.40. The second-order valence-electron chi connectivity index (χ2n) is 3.62. The Morgan fingerprint density at radius 3 is 3.00 bits per heavy atom. The lowest BCUT2D eigenvalue weighted by Crippen LogP contribution is -2.33. The fourth-order valence-electron chi connectivity index (χ4n) is 1.35. The van der Waals surface area contributed by atoms with Gasteiger partial charge >= 0.3 is 0 Å². The van der Waals surface area contributed by atoms with Gasteiger partial charge in [-0.15, -0.1) is 0 Å². The summed E-state index contributed by atoms with van der Waals surface area (Å²) in [5, 5.41) is 9.37. The number of H-pyrrole nitrogens is 1. The molecule has 1 aromatic heterocycles. The average molecular weight is 226 g/mol. The van der Waals surface area contributed by atoms with Crippen molar-refractivity contribution in [2.24, 2.45) is 5.73 Å². The van der Waals surface area contributed by atoms with Crippen LogP contribution in [0.3, 0.4) is 0 Å². The van der Waals surface area contributed by atoms with Gasteiger partial charge in [0.1, 0.15) is 0 Å². The number of ether oxygens (including phenoxy) is 1. The van der Waals surface area contributed by atoms with Crippen molar-refractivity contribution in [1.82, 2.24) is 15.5 Å². The van der Waals surface area contributed by atoms with Gasteiger partial charge in [-0.05, 0) is 6.92 Å². The maximum absolute atomic E-state index is 11.6. The predicted octanol–water partition coefficient (Wildman–Crippen LogP) is -0.0493. The minimum Gasteiger partial charge on any atom is -0.380 e. The first-order chi connectivity index (χ1) is 7.67. The first kappa shape index (κ1) is 12.7. The van der Waals surface area contributed by atoms with Crippen molar-refractivity contribution in [2.45, 2.75) is 25.5 Å². The van der Waals surface area contributed by atoms with E-state index in [2.05, 4.69) is 15.5 Å². The van der Waals surface area contributed by atoms with E-state index in [0.717, 1.165) is 5.56 Å². The van der Waals surface area contributed by atoms with Crippen molar-refractivity contribution >= 4 is 5.91 Å². The van der Waals surface area contributed by atoms with Gasteiger partial charge in [0.15, 0.2) is 0 Å². The second kappa shape index (κ2) is 6.24. The quantitative estimate of drug-likeness (QED) is 0.634. The van der Waals surface area contributed by atoms with E-state index in [9.17, 15) is 4.79 Å². The van der Waals surface area contributed by atoms with Crippen molar-refractivity contribution in [3.63, 3.8) is 0 Å². The van der Waals surface area contributed by atoms with Gasteiger partial charge in [-0.2, -0.15) is 5.10 Å². The molecule has 0 bridgehead atoms. The molecule has 0 aliphatic carbocycles. The highest BCUT2D eigenvalue weighted by Crippen LogP contribution is 2.09. The van der Waals surface area contributed by atoms with E-state index in [1.165, 1.54) is 0 Å². The highest BCUT2D eigenvalue weighted by molar-refractivity contribution is 5.76. The van der Waals surface area contributed by atoms with E-state index in [-0.39, 0.29) is 24.5 Å². The third kappa shape index (κ3) is 3.63. The van der Waals surface area contributed by atoms with Gasteiger partial charge in [0.2, 0.25) is 5.91 Å². The van der Waals surface area contributed by atoms with E-state index < -0.39 is 0 Å². The topological polar surface area (TPSA) is 93.0 Å². The van der Waals surface area contributed by atoms with E-state index in [1.807, 2.05) is 6.92 Å². The van der Waals surface area contributed by atoms with Gasteiger partial charge in [-0.3, -0.25) is 9.89 Å². The zero-order valence-electron chi connectivity index (χ0n) is 9.56. The van der Waals surface area contributed by atoms with Gasteiger partial charge in [-0.1, -0.05) is 0 Å². The van der Waals surface area contributed by atoms with E-state index in [4.69, 9.17) is 10.5 Å². The fraction of sp³-hybridized carbons (Fsp3) is 0.600. The van der Waals surface area contributed by atoms with Crippen LogP contribution in [-0.2, 0) is 9.53 Å². The van der Waals surface area contributed by atoms with Crippen molar-refractivity contribution in [3.8, 4) is 0 Å². The SMILES string of the molecule is COC(CN)CC(=O)NC(C)c1cn[nH]c1. The molecule has 0 radical (unpaired) electrons. The molecule has 2 unspecified atom stereocenters. The van der Waals surface area contributed by atoms with Crippen LogP contribution in [0.2, 0.25) is 0 Å². The van der Waals surface area contributed by atoms with Crippen LogP contribution in [-0.4, -0.2) is 35.9 Å². The molecular weight excluding hydrogens is 208 g/mol. The van der Waals surface area contributed by atoms with E-state index in [0.29, 0.717) is 6.54 Å². The van der Waals surface area contributed by atoms with E-state index in [1.54, 1.807) is 19.5 Å². The largest absolute Gasteiger partial charge is 0.380 e. The lowest BCUT2D eigenvalue weighted by molar-refractivity contribution is -0.124. The van der Waals surface area contributed by atoms with Gasteiger partial charge < -0.3 is 15.8 Å². The van der Waals surface area contributed by atoms with Crippen molar-refractivity contribution < 1.29 is 9.53 Å². The van der Waals surface area contributed by atoms with Crippen LogP contribution in [0.25, 0.3) is 0 Å². The number of hydrogen-bond acceptors (Lipinski definition) is 4. The van der Waals surface area contributed by atoms with Crippen LogP contribution in [0, 0.1) is 0 Å². The molecule has 1 rings (SSSR count). The molecule has 6 heteroatoms. The number of hydrogen-bond donors (Lipinski definition) is 3.